The number of benzene rings is 1. The fourth-order valence-electron chi connectivity index (χ4n) is 2.04. The molecule has 0 saturated carbocycles. The van der Waals surface area contributed by atoms with E-state index in [2.05, 4.69) is 41.5 Å². The molecule has 1 atom stereocenters. The third kappa shape index (κ3) is 3.71. The number of nitrogens with one attached hydrogen (secondary N) is 1. The maximum atomic E-state index is 5.26. The van der Waals surface area contributed by atoms with E-state index in [1.807, 2.05) is 18.2 Å². The van der Waals surface area contributed by atoms with Crippen LogP contribution >= 0.6 is 0 Å². The van der Waals surface area contributed by atoms with Gasteiger partial charge in [0, 0.05) is 12.7 Å². The molecule has 0 saturated heterocycles. The second-order valence-electron chi connectivity index (χ2n) is 4.58. The molecule has 0 aliphatic heterocycles. The van der Waals surface area contributed by atoms with Crippen LogP contribution in [-0.2, 0) is 0 Å². The van der Waals surface area contributed by atoms with E-state index in [1.165, 1.54) is 5.56 Å². The van der Waals surface area contributed by atoms with Crippen LogP contribution in [0.1, 0.15) is 24.8 Å². The topological polar surface area (TPSA) is 34.1 Å². The molecule has 19 heavy (non-hydrogen) atoms. The second-order valence-corrected chi connectivity index (χ2v) is 4.58. The number of rotatable bonds is 6. The highest BCUT2D eigenvalue weighted by Crippen LogP contribution is 2.22. The van der Waals surface area contributed by atoms with E-state index in [1.54, 1.807) is 13.3 Å². The molecule has 3 heteroatoms. The van der Waals surface area contributed by atoms with E-state index in [0.29, 0.717) is 5.92 Å². The number of hydrogen-bond acceptors (Lipinski definition) is 3. The first-order valence-corrected chi connectivity index (χ1v) is 6.59. The summed E-state index contributed by atoms with van der Waals surface area (Å²) >= 11 is 0. The summed E-state index contributed by atoms with van der Waals surface area (Å²) in [5, 5.41) is 3.33. The van der Waals surface area contributed by atoms with E-state index < -0.39 is 0 Å². The molecule has 0 aliphatic carbocycles. The molecule has 1 aromatic carbocycles. The van der Waals surface area contributed by atoms with Gasteiger partial charge in [0.05, 0.1) is 7.11 Å². The van der Waals surface area contributed by atoms with Gasteiger partial charge in [-0.3, -0.25) is 0 Å². The molecule has 1 heterocycles. The van der Waals surface area contributed by atoms with Gasteiger partial charge in [0.25, 0.3) is 0 Å². The fourth-order valence-corrected chi connectivity index (χ4v) is 2.04. The second kappa shape index (κ2) is 6.78. The largest absolute Gasteiger partial charge is 0.493 e. The van der Waals surface area contributed by atoms with Gasteiger partial charge in [-0.05, 0) is 30.0 Å². The van der Waals surface area contributed by atoms with Gasteiger partial charge >= 0.3 is 0 Å². The lowest BCUT2D eigenvalue weighted by molar-refractivity contribution is 0.414. The Bertz CT molecular complexity index is 499. The summed E-state index contributed by atoms with van der Waals surface area (Å²) in [5.41, 5.74) is 1.37. The first-order chi connectivity index (χ1) is 9.31. The minimum absolute atomic E-state index is 0.531. The van der Waals surface area contributed by atoms with Crippen molar-refractivity contribution in [1.82, 2.24) is 4.98 Å². The molecule has 2 aromatic rings. The molecule has 0 radical (unpaired) electrons. The highest BCUT2D eigenvalue weighted by atomic mass is 16.5. The van der Waals surface area contributed by atoms with Gasteiger partial charge in [-0.15, -0.1) is 0 Å². The number of ether oxygens (including phenoxy) is 1. The molecule has 0 spiro atoms. The van der Waals surface area contributed by atoms with Crippen LogP contribution < -0.4 is 10.1 Å². The van der Waals surface area contributed by atoms with Gasteiger partial charge in [-0.25, -0.2) is 4.98 Å². The average molecular weight is 256 g/mol. The summed E-state index contributed by atoms with van der Waals surface area (Å²) in [6, 6.07) is 14.3. The van der Waals surface area contributed by atoms with E-state index in [-0.39, 0.29) is 0 Å². The van der Waals surface area contributed by atoms with Crippen molar-refractivity contribution >= 4 is 5.82 Å². The monoisotopic (exact) mass is 256 g/mol. The Balaban J connectivity index is 1.87. The minimum Gasteiger partial charge on any atom is -0.493 e. The quantitative estimate of drug-likeness (QED) is 0.855. The first kappa shape index (κ1) is 13.4. The van der Waals surface area contributed by atoms with Crippen LogP contribution in [0.4, 0.5) is 5.82 Å². The minimum atomic E-state index is 0.531. The zero-order valence-corrected chi connectivity index (χ0v) is 11.5. The van der Waals surface area contributed by atoms with Crippen LogP contribution in [0.15, 0.2) is 48.7 Å². The lowest BCUT2D eigenvalue weighted by Crippen LogP contribution is -2.08. The molecule has 2 rings (SSSR count). The van der Waals surface area contributed by atoms with Crippen molar-refractivity contribution in [3.05, 3.63) is 54.2 Å². The van der Waals surface area contributed by atoms with Gasteiger partial charge in [-0.1, -0.05) is 37.3 Å². The fraction of sp³-hybridized carbons (Fsp3) is 0.312. The highest BCUT2D eigenvalue weighted by Gasteiger charge is 2.06. The molecule has 0 bridgehead atoms. The van der Waals surface area contributed by atoms with E-state index in [0.717, 1.165) is 24.5 Å². The summed E-state index contributed by atoms with van der Waals surface area (Å²) in [6.45, 7) is 3.12. The Hall–Kier alpha value is -2.03. The predicted molar refractivity (Wildman–Crippen MR) is 78.8 cm³/mol. The van der Waals surface area contributed by atoms with Crippen LogP contribution in [0.5, 0.6) is 5.75 Å². The Kier molecular flexibility index (Phi) is 4.78. The summed E-state index contributed by atoms with van der Waals surface area (Å²) in [7, 11) is 1.66. The molecule has 1 N–H and O–H groups in total. The Morgan fingerprint density at radius 2 is 1.95 bits per heavy atom. The lowest BCUT2D eigenvalue weighted by atomic mass is 9.98. The van der Waals surface area contributed by atoms with E-state index in [9.17, 15) is 0 Å². The molecule has 1 unspecified atom stereocenters. The van der Waals surface area contributed by atoms with Crippen molar-refractivity contribution in [2.45, 2.75) is 19.3 Å². The number of aromatic nitrogens is 1. The molecule has 0 fully saturated rings. The van der Waals surface area contributed by atoms with Crippen molar-refractivity contribution < 1.29 is 4.74 Å². The summed E-state index contributed by atoms with van der Waals surface area (Å²) in [5.74, 6) is 2.13. The van der Waals surface area contributed by atoms with Crippen LogP contribution in [0.2, 0.25) is 0 Å². The Labute approximate surface area is 114 Å². The zero-order chi connectivity index (χ0) is 13.5. The van der Waals surface area contributed by atoms with Crippen molar-refractivity contribution in [2.75, 3.05) is 19.0 Å². The van der Waals surface area contributed by atoms with Crippen LogP contribution in [-0.4, -0.2) is 18.6 Å². The first-order valence-electron chi connectivity index (χ1n) is 6.59. The normalized spacial score (nSPS) is 11.9. The van der Waals surface area contributed by atoms with Gasteiger partial charge in [-0.2, -0.15) is 0 Å². The molecule has 0 amide bonds. The van der Waals surface area contributed by atoms with Gasteiger partial charge in [0.15, 0.2) is 11.6 Å². The third-order valence-corrected chi connectivity index (χ3v) is 3.23. The van der Waals surface area contributed by atoms with Gasteiger partial charge in [0.2, 0.25) is 0 Å². The molecular formula is C16H20N2O. The lowest BCUT2D eigenvalue weighted by Gasteiger charge is -2.14. The zero-order valence-electron chi connectivity index (χ0n) is 11.5. The SMILES string of the molecule is COc1cccnc1NCCC(C)c1ccccc1. The summed E-state index contributed by atoms with van der Waals surface area (Å²) in [6.07, 6.45) is 2.83. The summed E-state index contributed by atoms with van der Waals surface area (Å²) < 4.78 is 5.26. The van der Waals surface area contributed by atoms with E-state index in [4.69, 9.17) is 4.74 Å². The van der Waals surface area contributed by atoms with Gasteiger partial charge in [0.1, 0.15) is 0 Å². The Morgan fingerprint density at radius 1 is 1.16 bits per heavy atom. The van der Waals surface area contributed by atoms with Crippen molar-refractivity contribution in [3.63, 3.8) is 0 Å². The molecule has 3 nitrogen and oxygen atoms in total. The van der Waals surface area contributed by atoms with Crippen LogP contribution in [0, 0.1) is 0 Å². The Morgan fingerprint density at radius 3 is 2.68 bits per heavy atom. The maximum absolute atomic E-state index is 5.26. The van der Waals surface area contributed by atoms with Crippen LogP contribution in [0.25, 0.3) is 0 Å². The smallest absolute Gasteiger partial charge is 0.168 e. The van der Waals surface area contributed by atoms with Crippen molar-refractivity contribution in [3.8, 4) is 5.75 Å². The molecular weight excluding hydrogens is 236 g/mol. The number of pyridine rings is 1. The summed E-state index contributed by atoms with van der Waals surface area (Å²) in [4.78, 5) is 4.28. The molecule has 1 aromatic heterocycles. The molecule has 100 valence electrons. The van der Waals surface area contributed by atoms with Gasteiger partial charge < -0.3 is 10.1 Å². The van der Waals surface area contributed by atoms with Crippen LogP contribution in [0.3, 0.4) is 0 Å². The standard InChI is InChI=1S/C16H20N2O/c1-13(14-7-4-3-5-8-14)10-12-18-16-15(19-2)9-6-11-17-16/h3-9,11,13H,10,12H2,1-2H3,(H,17,18). The van der Waals surface area contributed by atoms with Crippen molar-refractivity contribution in [2.24, 2.45) is 0 Å². The third-order valence-electron chi connectivity index (χ3n) is 3.23. The number of methoxy groups -OCH3 is 1. The molecule has 0 aliphatic rings. The average Bonchev–Trinajstić information content (AvgIpc) is 2.48. The van der Waals surface area contributed by atoms with Crippen molar-refractivity contribution in [1.29, 1.82) is 0 Å². The highest BCUT2D eigenvalue weighted by molar-refractivity contribution is 5.49. The maximum Gasteiger partial charge on any atom is 0.168 e. The number of hydrogen-bond donors (Lipinski definition) is 1. The number of nitrogens with zero attached hydrogens (tertiary/aromatic N) is 1. The predicted octanol–water partition coefficient (Wildman–Crippen LogP) is 3.70. The number of anilines is 1. The van der Waals surface area contributed by atoms with E-state index >= 15 is 0 Å².